The Balaban J connectivity index is 0.000000671. The quantitative estimate of drug-likeness (QED) is 0.629. The van der Waals surface area contributed by atoms with Crippen LogP contribution in [-0.2, 0) is 0 Å². The Morgan fingerprint density at radius 1 is 1.08 bits per heavy atom. The van der Waals surface area contributed by atoms with Gasteiger partial charge in [-0.2, -0.15) is 5.06 Å². The predicted octanol–water partition coefficient (Wildman–Crippen LogP) is 3.16. The van der Waals surface area contributed by atoms with Gasteiger partial charge < -0.3 is 5.21 Å². The number of hydroxylamine groups is 2. The summed E-state index contributed by atoms with van der Waals surface area (Å²) in [5.41, 5.74) is 0.418. The van der Waals surface area contributed by atoms with Crippen molar-refractivity contribution in [3.8, 4) is 0 Å². The van der Waals surface area contributed by atoms with E-state index in [1.54, 1.807) is 0 Å². The van der Waals surface area contributed by atoms with Crippen LogP contribution >= 0.6 is 0 Å². The highest BCUT2D eigenvalue weighted by Crippen LogP contribution is 2.33. The van der Waals surface area contributed by atoms with Gasteiger partial charge in [0.05, 0.1) is 0 Å². The zero-order valence-corrected chi connectivity index (χ0v) is 9.80. The van der Waals surface area contributed by atoms with Gasteiger partial charge in [0, 0.05) is 13.1 Å². The molecule has 1 rings (SSSR count). The highest BCUT2D eigenvalue weighted by Gasteiger charge is 2.27. The molecule has 0 amide bonds. The molecule has 1 saturated heterocycles. The van der Waals surface area contributed by atoms with Crippen molar-refractivity contribution in [2.45, 2.75) is 47.5 Å². The van der Waals surface area contributed by atoms with Gasteiger partial charge in [0.1, 0.15) is 0 Å². The van der Waals surface area contributed by atoms with E-state index in [0.717, 1.165) is 31.8 Å². The average Bonchev–Trinajstić information content (AvgIpc) is 2.07. The van der Waals surface area contributed by atoms with E-state index in [-0.39, 0.29) is 0 Å². The number of piperidine rings is 1. The van der Waals surface area contributed by atoms with Gasteiger partial charge in [-0.15, -0.1) is 0 Å². The third-order valence-electron chi connectivity index (χ3n) is 2.70. The second-order valence-corrected chi connectivity index (χ2v) is 4.59. The Bertz CT molecular complexity index is 121. The third kappa shape index (κ3) is 4.63. The standard InChI is InChI=1S/C9H19NO.C2H6/c1-9(2,3)8-4-6-10(11)7-5-8;1-2/h8,11H,4-7H2,1-3H3;1-2H3. The second kappa shape index (κ2) is 5.61. The normalized spacial score (nSPS) is 20.8. The lowest BCUT2D eigenvalue weighted by Gasteiger charge is -2.36. The maximum atomic E-state index is 9.13. The van der Waals surface area contributed by atoms with Crippen LogP contribution in [0.5, 0.6) is 0 Å². The van der Waals surface area contributed by atoms with E-state index >= 15 is 0 Å². The van der Waals surface area contributed by atoms with E-state index in [2.05, 4.69) is 20.8 Å². The summed E-state index contributed by atoms with van der Waals surface area (Å²) in [4.78, 5) is 0. The summed E-state index contributed by atoms with van der Waals surface area (Å²) < 4.78 is 0. The van der Waals surface area contributed by atoms with Gasteiger partial charge in [-0.05, 0) is 24.2 Å². The fourth-order valence-electron chi connectivity index (χ4n) is 1.73. The van der Waals surface area contributed by atoms with E-state index in [9.17, 15) is 0 Å². The first-order chi connectivity index (χ1) is 6.00. The average molecular weight is 187 g/mol. The van der Waals surface area contributed by atoms with Crippen molar-refractivity contribution in [2.75, 3.05) is 13.1 Å². The Morgan fingerprint density at radius 2 is 1.46 bits per heavy atom. The van der Waals surface area contributed by atoms with Crippen molar-refractivity contribution in [2.24, 2.45) is 11.3 Å². The van der Waals surface area contributed by atoms with E-state index in [4.69, 9.17) is 5.21 Å². The molecule has 0 bridgehead atoms. The zero-order chi connectivity index (χ0) is 10.5. The minimum Gasteiger partial charge on any atom is -0.314 e. The molecule has 1 N–H and O–H groups in total. The lowest BCUT2D eigenvalue weighted by atomic mass is 9.75. The summed E-state index contributed by atoms with van der Waals surface area (Å²) in [5.74, 6) is 0.783. The van der Waals surface area contributed by atoms with Gasteiger partial charge in [0.25, 0.3) is 0 Å². The maximum absolute atomic E-state index is 9.13. The monoisotopic (exact) mass is 187 g/mol. The molecular weight excluding hydrogens is 162 g/mol. The van der Waals surface area contributed by atoms with Gasteiger partial charge in [-0.1, -0.05) is 34.6 Å². The summed E-state index contributed by atoms with van der Waals surface area (Å²) in [6.45, 7) is 12.5. The van der Waals surface area contributed by atoms with Crippen LogP contribution in [0.2, 0.25) is 0 Å². The van der Waals surface area contributed by atoms with E-state index < -0.39 is 0 Å². The molecule has 13 heavy (non-hydrogen) atoms. The first-order valence-corrected chi connectivity index (χ1v) is 5.44. The molecule has 0 spiro atoms. The fraction of sp³-hybridized carbons (Fsp3) is 1.00. The van der Waals surface area contributed by atoms with Crippen LogP contribution in [0, 0.1) is 11.3 Å². The molecule has 0 radical (unpaired) electrons. The summed E-state index contributed by atoms with van der Waals surface area (Å²) in [6.07, 6.45) is 2.28. The molecule has 0 saturated carbocycles. The molecule has 0 aromatic carbocycles. The predicted molar refractivity (Wildman–Crippen MR) is 56.9 cm³/mol. The SMILES string of the molecule is CC.CC(C)(C)C1CCN(O)CC1. The first-order valence-electron chi connectivity index (χ1n) is 5.44. The molecule has 1 fully saturated rings. The van der Waals surface area contributed by atoms with Crippen molar-refractivity contribution in [1.82, 2.24) is 5.06 Å². The Hall–Kier alpha value is -0.0800. The molecule has 1 aliphatic heterocycles. The van der Waals surface area contributed by atoms with Crippen LogP contribution < -0.4 is 0 Å². The summed E-state index contributed by atoms with van der Waals surface area (Å²) >= 11 is 0. The smallest absolute Gasteiger partial charge is 0.0241 e. The van der Waals surface area contributed by atoms with E-state index in [1.807, 2.05) is 13.8 Å². The Kier molecular flexibility index (Phi) is 5.57. The maximum Gasteiger partial charge on any atom is 0.0241 e. The first kappa shape index (κ1) is 12.9. The molecule has 0 aromatic heterocycles. The largest absolute Gasteiger partial charge is 0.314 e. The number of nitrogens with zero attached hydrogens (tertiary/aromatic N) is 1. The molecule has 0 aliphatic carbocycles. The Labute approximate surface area is 82.9 Å². The second-order valence-electron chi connectivity index (χ2n) is 4.59. The molecular formula is C11H25NO. The van der Waals surface area contributed by atoms with Gasteiger partial charge in [0.2, 0.25) is 0 Å². The van der Waals surface area contributed by atoms with Gasteiger partial charge in [-0.25, -0.2) is 0 Å². The van der Waals surface area contributed by atoms with Crippen LogP contribution in [-0.4, -0.2) is 23.4 Å². The Morgan fingerprint density at radius 3 is 1.77 bits per heavy atom. The van der Waals surface area contributed by atoms with Gasteiger partial charge >= 0.3 is 0 Å². The highest BCUT2D eigenvalue weighted by molar-refractivity contribution is 4.78. The van der Waals surface area contributed by atoms with Gasteiger partial charge in [-0.3, -0.25) is 0 Å². The molecule has 1 aliphatic rings. The minimum absolute atomic E-state index is 0.418. The summed E-state index contributed by atoms with van der Waals surface area (Å²) in [7, 11) is 0. The van der Waals surface area contributed by atoms with Crippen molar-refractivity contribution >= 4 is 0 Å². The topological polar surface area (TPSA) is 23.5 Å². The van der Waals surface area contributed by atoms with Crippen molar-refractivity contribution < 1.29 is 5.21 Å². The van der Waals surface area contributed by atoms with Crippen LogP contribution in [0.25, 0.3) is 0 Å². The van der Waals surface area contributed by atoms with E-state index in [0.29, 0.717) is 5.41 Å². The molecule has 1 heterocycles. The summed E-state index contributed by atoms with van der Waals surface area (Å²) in [6, 6.07) is 0. The number of hydrogen-bond donors (Lipinski definition) is 1. The highest BCUT2D eigenvalue weighted by atomic mass is 16.5. The van der Waals surface area contributed by atoms with Crippen LogP contribution in [0.4, 0.5) is 0 Å². The third-order valence-corrected chi connectivity index (χ3v) is 2.70. The van der Waals surface area contributed by atoms with E-state index in [1.165, 1.54) is 5.06 Å². The zero-order valence-electron chi connectivity index (χ0n) is 9.80. The van der Waals surface area contributed by atoms with Crippen LogP contribution in [0.1, 0.15) is 47.5 Å². The summed E-state index contributed by atoms with van der Waals surface area (Å²) in [5, 5.41) is 10.6. The molecule has 0 atom stereocenters. The fourth-order valence-corrected chi connectivity index (χ4v) is 1.73. The lowest BCUT2D eigenvalue weighted by Crippen LogP contribution is -2.35. The number of rotatable bonds is 0. The van der Waals surface area contributed by atoms with Crippen molar-refractivity contribution in [3.05, 3.63) is 0 Å². The molecule has 80 valence electrons. The minimum atomic E-state index is 0.418. The lowest BCUT2D eigenvalue weighted by molar-refractivity contribution is -0.119. The molecule has 0 unspecified atom stereocenters. The molecule has 0 aromatic rings. The number of hydrogen-bond acceptors (Lipinski definition) is 2. The van der Waals surface area contributed by atoms with Crippen LogP contribution in [0.15, 0.2) is 0 Å². The van der Waals surface area contributed by atoms with Crippen molar-refractivity contribution in [3.63, 3.8) is 0 Å². The van der Waals surface area contributed by atoms with Gasteiger partial charge in [0.15, 0.2) is 0 Å². The molecule has 2 heteroatoms. The van der Waals surface area contributed by atoms with Crippen LogP contribution in [0.3, 0.4) is 0 Å². The van der Waals surface area contributed by atoms with Crippen molar-refractivity contribution in [1.29, 1.82) is 0 Å². The molecule has 2 nitrogen and oxygen atoms in total.